The maximum absolute atomic E-state index is 6.10. The number of anilines is 2. The lowest BCUT2D eigenvalue weighted by molar-refractivity contribution is 0.869. The van der Waals surface area contributed by atoms with Gasteiger partial charge in [0, 0.05) is 12.2 Å². The molecule has 118 valence electrons. The molecule has 1 heterocycles. The fourth-order valence-corrected chi connectivity index (χ4v) is 2.17. The molecule has 0 amide bonds. The van der Waals surface area contributed by atoms with Crippen LogP contribution in [0.15, 0.2) is 41.8 Å². The van der Waals surface area contributed by atoms with Crippen LogP contribution < -0.4 is 16.4 Å². The first-order chi connectivity index (χ1) is 10.7. The van der Waals surface area contributed by atoms with Crippen molar-refractivity contribution in [3.05, 3.63) is 46.8 Å². The highest BCUT2D eigenvalue weighted by atomic mass is 35.5. The molecule has 4 N–H and O–H groups in total. The van der Waals surface area contributed by atoms with Crippen LogP contribution in [0, 0.1) is 0 Å². The minimum absolute atomic E-state index is 0.503. The summed E-state index contributed by atoms with van der Waals surface area (Å²) < 4.78 is 0. The molecule has 0 saturated carbocycles. The lowest BCUT2D eigenvalue weighted by Gasteiger charge is -2.10. The Kier molecular flexibility index (Phi) is 6.43. The van der Waals surface area contributed by atoms with Gasteiger partial charge in [0.2, 0.25) is 5.95 Å². The zero-order valence-corrected chi connectivity index (χ0v) is 13.5. The second-order valence-corrected chi connectivity index (χ2v) is 5.35. The Balaban J connectivity index is 2.04. The number of nitrogens with two attached hydrogens (primary N) is 1. The molecule has 1 aliphatic carbocycles. The third-order valence-electron chi connectivity index (χ3n) is 3.28. The Hall–Kier alpha value is -1.85. The van der Waals surface area contributed by atoms with Crippen LogP contribution in [0.5, 0.6) is 0 Å². The van der Waals surface area contributed by atoms with Gasteiger partial charge in [-0.25, -0.2) is 4.98 Å². The van der Waals surface area contributed by atoms with E-state index in [0.717, 1.165) is 31.5 Å². The van der Waals surface area contributed by atoms with Gasteiger partial charge in [-0.1, -0.05) is 42.3 Å². The largest absolute Gasteiger partial charge is 0.369 e. The van der Waals surface area contributed by atoms with E-state index in [-0.39, 0.29) is 0 Å². The second kappa shape index (κ2) is 8.56. The van der Waals surface area contributed by atoms with Crippen LogP contribution >= 0.6 is 11.6 Å². The summed E-state index contributed by atoms with van der Waals surface area (Å²) in [6.45, 7) is 3.51. The summed E-state index contributed by atoms with van der Waals surface area (Å²) in [5.74, 6) is 1.15. The summed E-state index contributed by atoms with van der Waals surface area (Å²) in [6, 6.07) is 0. The molecule has 1 aliphatic rings. The highest BCUT2D eigenvalue weighted by Gasteiger charge is 2.06. The van der Waals surface area contributed by atoms with E-state index in [1.54, 1.807) is 6.20 Å². The second-order valence-electron chi connectivity index (χ2n) is 4.95. The molecule has 1 aromatic rings. The Bertz CT molecular complexity index is 592. The van der Waals surface area contributed by atoms with Gasteiger partial charge in [0.25, 0.3) is 0 Å². The molecule has 6 heteroatoms. The molecule has 22 heavy (non-hydrogen) atoms. The molecule has 0 fully saturated rings. The van der Waals surface area contributed by atoms with Gasteiger partial charge in [0.05, 0.1) is 6.20 Å². The Morgan fingerprint density at radius 3 is 2.95 bits per heavy atom. The first-order valence-corrected chi connectivity index (χ1v) is 7.91. The molecule has 0 bridgehead atoms. The summed E-state index contributed by atoms with van der Waals surface area (Å²) in [7, 11) is 0. The van der Waals surface area contributed by atoms with Gasteiger partial charge in [0.15, 0.2) is 0 Å². The summed E-state index contributed by atoms with van der Waals surface area (Å²) in [6.07, 6.45) is 12.9. The van der Waals surface area contributed by atoms with Gasteiger partial charge in [-0.15, -0.1) is 0 Å². The van der Waals surface area contributed by atoms with Crippen molar-refractivity contribution in [2.75, 3.05) is 23.7 Å². The highest BCUT2D eigenvalue weighted by Crippen LogP contribution is 2.21. The Morgan fingerprint density at radius 1 is 1.32 bits per heavy atom. The first-order valence-electron chi connectivity index (χ1n) is 7.53. The van der Waals surface area contributed by atoms with Crippen molar-refractivity contribution in [3.63, 3.8) is 0 Å². The molecule has 0 atom stereocenters. The van der Waals surface area contributed by atoms with Gasteiger partial charge >= 0.3 is 0 Å². The van der Waals surface area contributed by atoms with E-state index < -0.39 is 0 Å². The van der Waals surface area contributed by atoms with E-state index in [9.17, 15) is 0 Å². The summed E-state index contributed by atoms with van der Waals surface area (Å²) >= 11 is 6.10. The molecule has 0 aromatic carbocycles. The number of allylic oxidation sites excluding steroid dienone is 5. The first kappa shape index (κ1) is 16.5. The number of halogens is 1. The number of nitrogens with one attached hydrogen (secondary N) is 2. The fourth-order valence-electron chi connectivity index (χ4n) is 2.01. The zero-order chi connectivity index (χ0) is 15.8. The lowest BCUT2D eigenvalue weighted by atomic mass is 10.2. The molecule has 5 nitrogen and oxygen atoms in total. The van der Waals surface area contributed by atoms with E-state index in [2.05, 4.69) is 45.8 Å². The average Bonchev–Trinajstić information content (AvgIpc) is 2.76. The van der Waals surface area contributed by atoms with Crippen LogP contribution in [0.25, 0.3) is 0 Å². The van der Waals surface area contributed by atoms with Crippen LogP contribution in [-0.4, -0.2) is 23.1 Å². The SMILES string of the molecule is CCC1=CCC=C(Nc2ncc(Cl)c(NCCCN)n2)C=C1. The van der Waals surface area contributed by atoms with Crippen molar-refractivity contribution in [2.45, 2.75) is 26.2 Å². The van der Waals surface area contributed by atoms with Crippen LogP contribution in [-0.2, 0) is 0 Å². The number of hydrogen-bond donors (Lipinski definition) is 3. The molecule has 0 radical (unpaired) electrons. The fraction of sp³-hybridized carbons (Fsp3) is 0.375. The van der Waals surface area contributed by atoms with Crippen LogP contribution in [0.4, 0.5) is 11.8 Å². The van der Waals surface area contributed by atoms with E-state index in [1.165, 1.54) is 5.57 Å². The molecule has 0 aliphatic heterocycles. The molecular formula is C16H22ClN5. The summed E-state index contributed by atoms with van der Waals surface area (Å²) in [4.78, 5) is 8.63. The lowest BCUT2D eigenvalue weighted by Crippen LogP contribution is -2.11. The van der Waals surface area contributed by atoms with E-state index in [4.69, 9.17) is 17.3 Å². The number of hydrogen-bond acceptors (Lipinski definition) is 5. The molecule has 1 aromatic heterocycles. The molecule has 2 rings (SSSR count). The molecule has 0 saturated heterocycles. The van der Waals surface area contributed by atoms with Crippen molar-refractivity contribution in [3.8, 4) is 0 Å². The van der Waals surface area contributed by atoms with Crippen molar-refractivity contribution < 1.29 is 0 Å². The number of rotatable bonds is 7. The van der Waals surface area contributed by atoms with Crippen LogP contribution in [0.2, 0.25) is 5.02 Å². The third kappa shape index (κ3) is 4.86. The smallest absolute Gasteiger partial charge is 0.229 e. The predicted molar refractivity (Wildman–Crippen MR) is 93.0 cm³/mol. The molecule has 0 unspecified atom stereocenters. The summed E-state index contributed by atoms with van der Waals surface area (Å²) in [5.41, 5.74) is 7.79. The van der Waals surface area contributed by atoms with Gasteiger partial charge in [0.1, 0.15) is 10.8 Å². The van der Waals surface area contributed by atoms with Crippen molar-refractivity contribution in [1.82, 2.24) is 9.97 Å². The van der Waals surface area contributed by atoms with Gasteiger partial charge in [-0.3, -0.25) is 0 Å². The third-order valence-corrected chi connectivity index (χ3v) is 3.55. The molecular weight excluding hydrogens is 298 g/mol. The maximum Gasteiger partial charge on any atom is 0.229 e. The Morgan fingerprint density at radius 2 is 2.18 bits per heavy atom. The minimum Gasteiger partial charge on any atom is -0.369 e. The van der Waals surface area contributed by atoms with Gasteiger partial charge in [-0.2, -0.15) is 4.98 Å². The van der Waals surface area contributed by atoms with Crippen molar-refractivity contribution in [1.29, 1.82) is 0 Å². The number of aromatic nitrogens is 2. The van der Waals surface area contributed by atoms with Crippen molar-refractivity contribution >= 4 is 23.4 Å². The average molecular weight is 320 g/mol. The molecule has 0 spiro atoms. The maximum atomic E-state index is 6.10. The van der Waals surface area contributed by atoms with Gasteiger partial charge in [-0.05, 0) is 31.9 Å². The van der Waals surface area contributed by atoms with Crippen LogP contribution in [0.3, 0.4) is 0 Å². The Labute approximate surface area is 136 Å². The topological polar surface area (TPSA) is 75.9 Å². The van der Waals surface area contributed by atoms with Crippen LogP contribution in [0.1, 0.15) is 26.2 Å². The summed E-state index contributed by atoms with van der Waals surface area (Å²) in [5, 5.41) is 6.89. The van der Waals surface area contributed by atoms with Gasteiger partial charge < -0.3 is 16.4 Å². The predicted octanol–water partition coefficient (Wildman–Crippen LogP) is 3.48. The zero-order valence-electron chi connectivity index (χ0n) is 12.8. The normalized spacial score (nSPS) is 14.1. The monoisotopic (exact) mass is 319 g/mol. The number of nitrogens with zero attached hydrogens (tertiary/aromatic N) is 2. The highest BCUT2D eigenvalue weighted by molar-refractivity contribution is 6.32. The van der Waals surface area contributed by atoms with Crippen molar-refractivity contribution in [2.24, 2.45) is 5.73 Å². The minimum atomic E-state index is 0.503. The standard InChI is InChI=1S/C16H22ClN5/c1-2-12-5-3-6-13(8-7-12)21-16-20-11-14(17)15(22-16)19-10-4-9-18/h5-8,11H,2-4,9-10,18H2,1H3,(H2,19,20,21,22). The van der Waals surface area contributed by atoms with E-state index in [0.29, 0.717) is 23.3 Å². The van der Waals surface area contributed by atoms with E-state index >= 15 is 0 Å². The van der Waals surface area contributed by atoms with E-state index in [1.807, 2.05) is 6.08 Å². The quantitative estimate of drug-likeness (QED) is 0.671.